The third kappa shape index (κ3) is 5.95. The fourth-order valence-corrected chi connectivity index (χ4v) is 9.02. The number of carbonyl (C=O) groups excluding carboxylic acids is 1. The number of carboxylic acid groups (broad SMARTS) is 1. The predicted molar refractivity (Wildman–Crippen MR) is 176 cm³/mol. The average molecular weight is 721 g/mol. The average Bonchev–Trinajstić information content (AvgIpc) is 3.63. The van der Waals surface area contributed by atoms with Crippen LogP contribution in [0.5, 0.6) is 0 Å². The number of anilines is 2. The Morgan fingerprint density at radius 3 is 2.43 bits per heavy atom. The zero-order valence-electron chi connectivity index (χ0n) is 26.5. The molecule has 0 radical (unpaired) electrons. The van der Waals surface area contributed by atoms with Crippen molar-refractivity contribution in [3.05, 3.63) is 83.4 Å². The number of aromatic nitrogens is 2. The Kier molecular flexibility index (Phi) is 8.77. The number of ether oxygens (including phenoxy) is 1. The van der Waals surface area contributed by atoms with Crippen molar-refractivity contribution in [1.82, 2.24) is 9.55 Å². The molecule has 1 aliphatic carbocycles. The van der Waals surface area contributed by atoms with E-state index in [0.29, 0.717) is 29.3 Å². The van der Waals surface area contributed by atoms with E-state index in [2.05, 4.69) is 19.5 Å². The molecule has 6 atom stereocenters. The van der Waals surface area contributed by atoms with Crippen LogP contribution in [-0.4, -0.2) is 60.4 Å². The number of fused-ring (bicyclic) bond motifs is 2. The quantitative estimate of drug-likeness (QED) is 0.189. The first-order valence-electron chi connectivity index (χ1n) is 15.2. The number of nitrogens with zero attached hydrogens (tertiary/aromatic N) is 3. The molecule has 0 spiro atoms. The number of carbonyl (C=O) groups is 2. The van der Waals surface area contributed by atoms with Crippen LogP contribution in [0.15, 0.2) is 65.6 Å². The van der Waals surface area contributed by atoms with Gasteiger partial charge in [-0.1, -0.05) is 12.1 Å². The van der Waals surface area contributed by atoms with Crippen LogP contribution in [0.3, 0.4) is 0 Å². The minimum absolute atomic E-state index is 0.0393. The standard InChI is InChI=1S/C33H33F4N4O6PS/c1-17-38-27-14-22(9-11-28(27)40(17)2)49(45,46)41(3)21-7-4-18(5-8-21)24-12-19-15-47-16-23(19)29(32(24,48)31(43)44)30(42)39-26-10-6-20(13-25(26)34)33(35,36)37/h4-11,13-14,19,23-24,29H,12,15-16,48H2,1-3H3,(H,39,42)(H,43,44)/t19-,23+,24+,29+,32-/m1/s1. The molecule has 2 N–H and O–H groups in total. The van der Waals surface area contributed by atoms with Crippen LogP contribution < -0.4 is 9.62 Å². The number of carboxylic acids is 1. The first kappa shape index (κ1) is 34.8. The minimum Gasteiger partial charge on any atom is -0.481 e. The van der Waals surface area contributed by atoms with Crippen molar-refractivity contribution < 1.29 is 45.4 Å². The second-order valence-corrected chi connectivity index (χ2v) is 15.5. The van der Waals surface area contributed by atoms with Crippen LogP contribution in [0.4, 0.5) is 28.9 Å². The molecule has 260 valence electrons. The van der Waals surface area contributed by atoms with E-state index in [1.165, 1.54) is 19.2 Å². The van der Waals surface area contributed by atoms with Gasteiger partial charge in [-0.2, -0.15) is 13.2 Å². The summed E-state index contributed by atoms with van der Waals surface area (Å²) in [5, 5.41) is 11.1. The van der Waals surface area contributed by atoms with E-state index < -0.39 is 68.1 Å². The van der Waals surface area contributed by atoms with Gasteiger partial charge < -0.3 is 19.7 Å². The van der Waals surface area contributed by atoms with Crippen LogP contribution in [-0.2, 0) is 37.6 Å². The maximum absolute atomic E-state index is 14.7. The van der Waals surface area contributed by atoms with E-state index in [9.17, 15) is 40.7 Å². The van der Waals surface area contributed by atoms with Gasteiger partial charge in [0.05, 0.1) is 45.4 Å². The zero-order valence-corrected chi connectivity index (χ0v) is 28.5. The number of amides is 1. The molecule has 6 rings (SSSR count). The maximum atomic E-state index is 14.7. The molecule has 0 bridgehead atoms. The van der Waals surface area contributed by atoms with Gasteiger partial charge in [-0.3, -0.25) is 13.9 Å². The van der Waals surface area contributed by atoms with E-state index in [4.69, 9.17) is 4.74 Å². The highest BCUT2D eigenvalue weighted by Gasteiger charge is 2.61. The molecular formula is C33H33F4N4O6PS. The number of aliphatic carboxylic acids is 1. The van der Waals surface area contributed by atoms with Crippen molar-refractivity contribution in [3.63, 3.8) is 0 Å². The van der Waals surface area contributed by atoms with Gasteiger partial charge in [0, 0.05) is 32.5 Å². The number of hydrogen-bond donors (Lipinski definition) is 2. The summed E-state index contributed by atoms with van der Waals surface area (Å²) < 4.78 is 89.8. The van der Waals surface area contributed by atoms with Gasteiger partial charge >= 0.3 is 12.1 Å². The van der Waals surface area contributed by atoms with E-state index in [1.54, 1.807) is 30.3 Å². The SMILES string of the molecule is Cc1nc2cc(S(=O)(=O)N(C)c3ccc([C@@H]4C[C@@H]5COC[C@@H]5[C@@H](C(=O)Nc5ccc(C(F)(F)F)cc5F)[C@@]4(P)C(=O)O)cc3)ccc2n1C. The van der Waals surface area contributed by atoms with E-state index >= 15 is 0 Å². The van der Waals surface area contributed by atoms with E-state index in [-0.39, 0.29) is 30.1 Å². The Morgan fingerprint density at radius 1 is 1.10 bits per heavy atom. The van der Waals surface area contributed by atoms with Gasteiger partial charge in [0.1, 0.15) is 16.8 Å². The van der Waals surface area contributed by atoms with Crippen LogP contribution in [0, 0.1) is 30.5 Å². The number of alkyl halides is 3. The van der Waals surface area contributed by atoms with Crippen LogP contribution in [0.1, 0.15) is 29.3 Å². The van der Waals surface area contributed by atoms with Crippen molar-refractivity contribution >= 4 is 53.5 Å². The molecule has 1 saturated heterocycles. The predicted octanol–water partition coefficient (Wildman–Crippen LogP) is 5.57. The lowest BCUT2D eigenvalue weighted by Crippen LogP contribution is -2.58. The number of halogens is 4. The summed E-state index contributed by atoms with van der Waals surface area (Å²) in [6, 6.07) is 12.7. The van der Waals surface area contributed by atoms with Crippen molar-refractivity contribution in [3.8, 4) is 0 Å². The van der Waals surface area contributed by atoms with Gasteiger partial charge in [0.2, 0.25) is 5.91 Å². The number of imidazole rings is 1. The van der Waals surface area contributed by atoms with Crippen molar-refractivity contribution in [2.24, 2.45) is 24.8 Å². The summed E-state index contributed by atoms with van der Waals surface area (Å²) in [6.07, 6.45) is -4.48. The number of rotatable bonds is 7. The van der Waals surface area contributed by atoms with Crippen molar-refractivity contribution in [1.29, 1.82) is 0 Å². The van der Waals surface area contributed by atoms with Gasteiger partial charge in [-0.15, -0.1) is 9.24 Å². The lowest BCUT2D eigenvalue weighted by molar-refractivity contribution is -0.148. The Bertz CT molecular complexity index is 2070. The molecule has 16 heteroatoms. The molecule has 2 aliphatic rings. The Morgan fingerprint density at radius 2 is 1.80 bits per heavy atom. The summed E-state index contributed by atoms with van der Waals surface area (Å²) in [4.78, 5) is 31.4. The Balaban J connectivity index is 1.30. The number of benzene rings is 3. The summed E-state index contributed by atoms with van der Waals surface area (Å²) in [7, 11) is 1.53. The summed E-state index contributed by atoms with van der Waals surface area (Å²) in [6.45, 7) is 2.13. The zero-order chi connectivity index (χ0) is 35.6. The van der Waals surface area contributed by atoms with Crippen LogP contribution >= 0.6 is 9.24 Å². The highest BCUT2D eigenvalue weighted by Crippen LogP contribution is 2.56. The summed E-state index contributed by atoms with van der Waals surface area (Å²) >= 11 is 0. The van der Waals surface area contributed by atoms with Crippen LogP contribution in [0.2, 0.25) is 0 Å². The second kappa shape index (κ2) is 12.4. The van der Waals surface area contributed by atoms with Gasteiger partial charge in [-0.25, -0.2) is 17.8 Å². The fourth-order valence-electron chi connectivity index (χ4n) is 7.08. The highest BCUT2D eigenvalue weighted by molar-refractivity contribution is 7.92. The summed E-state index contributed by atoms with van der Waals surface area (Å²) in [5.74, 6) is -5.69. The molecule has 1 amide bonds. The second-order valence-electron chi connectivity index (χ2n) is 12.6. The number of nitrogens with one attached hydrogen (secondary N) is 1. The monoisotopic (exact) mass is 720 g/mol. The Hall–Kier alpha value is -4.07. The molecule has 10 nitrogen and oxygen atoms in total. The lowest BCUT2D eigenvalue weighted by atomic mass is 9.60. The smallest absolute Gasteiger partial charge is 0.416 e. The number of aryl methyl sites for hydroxylation is 2. The van der Waals surface area contributed by atoms with Gasteiger partial charge in [0.25, 0.3) is 10.0 Å². The van der Waals surface area contributed by atoms with E-state index in [1.807, 2.05) is 18.5 Å². The van der Waals surface area contributed by atoms with Gasteiger partial charge in [-0.05, 0) is 73.4 Å². The largest absolute Gasteiger partial charge is 0.481 e. The summed E-state index contributed by atoms with van der Waals surface area (Å²) in [5.41, 5.74) is 0.376. The normalized spacial score (nSPS) is 24.1. The number of sulfonamides is 1. The maximum Gasteiger partial charge on any atom is 0.416 e. The number of hydrogen-bond acceptors (Lipinski definition) is 6. The van der Waals surface area contributed by atoms with Gasteiger partial charge in [0.15, 0.2) is 0 Å². The molecular weight excluding hydrogens is 687 g/mol. The molecule has 1 unspecified atom stereocenters. The molecule has 4 aromatic rings. The fraction of sp³-hybridized carbons (Fsp3) is 0.364. The lowest BCUT2D eigenvalue weighted by Gasteiger charge is -2.48. The Labute approximate surface area is 281 Å². The third-order valence-electron chi connectivity index (χ3n) is 9.91. The molecule has 2 fully saturated rings. The molecule has 1 saturated carbocycles. The molecule has 1 aromatic heterocycles. The topological polar surface area (TPSA) is 131 Å². The minimum atomic E-state index is -4.80. The highest BCUT2D eigenvalue weighted by atomic mass is 32.2. The first-order chi connectivity index (χ1) is 22.9. The molecule has 1 aliphatic heterocycles. The molecule has 49 heavy (non-hydrogen) atoms. The van der Waals surface area contributed by atoms with Crippen molar-refractivity contribution in [2.45, 2.75) is 35.5 Å². The first-order valence-corrected chi connectivity index (χ1v) is 17.3. The van der Waals surface area contributed by atoms with Crippen molar-refractivity contribution in [2.75, 3.05) is 29.9 Å². The van der Waals surface area contributed by atoms with Crippen LogP contribution in [0.25, 0.3) is 11.0 Å². The molecule has 3 aromatic carbocycles. The third-order valence-corrected chi connectivity index (χ3v) is 12.7. The van der Waals surface area contributed by atoms with E-state index in [0.717, 1.165) is 21.7 Å². The molecule has 2 heterocycles.